The van der Waals surface area contributed by atoms with Crippen LogP contribution in [0.15, 0.2) is 24.3 Å². The average Bonchev–Trinajstić information content (AvgIpc) is 2.48. The molecule has 1 N–H and O–H groups in total. The normalized spacial score (nSPS) is 22.2. The van der Waals surface area contributed by atoms with Crippen LogP contribution in [-0.2, 0) is 0 Å². The minimum absolute atomic E-state index is 0.391. The maximum atomic E-state index is 3.69. The van der Waals surface area contributed by atoms with Gasteiger partial charge in [0.25, 0.3) is 0 Å². The number of benzene rings is 1. The zero-order valence-electron chi connectivity index (χ0n) is 14.1. The quantitative estimate of drug-likeness (QED) is 0.890. The summed E-state index contributed by atoms with van der Waals surface area (Å²) in [6.07, 6.45) is 0. The van der Waals surface area contributed by atoms with Crippen LogP contribution in [0.3, 0.4) is 0 Å². The predicted molar refractivity (Wildman–Crippen MR) is 91.1 cm³/mol. The minimum atomic E-state index is 0.391. The molecule has 0 saturated carbocycles. The largest absolute Gasteiger partial charge is 0.378 e. The molecule has 0 radical (unpaired) electrons. The van der Waals surface area contributed by atoms with Crippen molar-refractivity contribution in [2.24, 2.45) is 0 Å². The molecule has 1 aromatic carbocycles. The molecule has 21 heavy (non-hydrogen) atoms. The lowest BCUT2D eigenvalue weighted by molar-refractivity contribution is 0.112. The summed E-state index contributed by atoms with van der Waals surface area (Å²) < 4.78 is 0. The SMILES string of the molecule is CC(NCC1CN(C)CCN1C)c1ccc(N(C)C)cc1. The number of likely N-dealkylation sites (N-methyl/N-ethyl adjacent to an activating group) is 2. The molecule has 0 aliphatic carbocycles. The van der Waals surface area contributed by atoms with E-state index in [1.807, 2.05) is 0 Å². The first kappa shape index (κ1) is 16.3. The van der Waals surface area contributed by atoms with E-state index < -0.39 is 0 Å². The number of anilines is 1. The molecule has 0 spiro atoms. The Morgan fingerprint density at radius 3 is 2.48 bits per heavy atom. The summed E-state index contributed by atoms with van der Waals surface area (Å²) in [6.45, 7) is 6.77. The van der Waals surface area contributed by atoms with Crippen LogP contribution < -0.4 is 10.2 Å². The summed E-state index contributed by atoms with van der Waals surface area (Å²) in [6, 6.07) is 9.82. The second-order valence-corrected chi connectivity index (χ2v) is 6.51. The van der Waals surface area contributed by atoms with Crippen LogP contribution in [0, 0.1) is 0 Å². The third kappa shape index (κ3) is 4.43. The van der Waals surface area contributed by atoms with Gasteiger partial charge in [-0.25, -0.2) is 0 Å². The highest BCUT2D eigenvalue weighted by Crippen LogP contribution is 2.18. The lowest BCUT2D eigenvalue weighted by Gasteiger charge is -2.38. The first-order valence-electron chi connectivity index (χ1n) is 7.87. The van der Waals surface area contributed by atoms with Gasteiger partial charge in [-0.1, -0.05) is 12.1 Å². The number of hydrogen-bond donors (Lipinski definition) is 1. The highest BCUT2D eigenvalue weighted by atomic mass is 15.3. The molecular formula is C17H30N4. The summed E-state index contributed by atoms with van der Waals surface area (Å²) in [5.74, 6) is 0. The topological polar surface area (TPSA) is 21.8 Å². The van der Waals surface area contributed by atoms with Gasteiger partial charge in [0, 0.05) is 58.0 Å². The molecule has 2 unspecified atom stereocenters. The van der Waals surface area contributed by atoms with Crippen molar-refractivity contribution in [2.75, 3.05) is 59.3 Å². The lowest BCUT2D eigenvalue weighted by atomic mass is 10.1. The van der Waals surface area contributed by atoms with Gasteiger partial charge < -0.3 is 15.1 Å². The molecule has 0 bridgehead atoms. The lowest BCUT2D eigenvalue weighted by Crippen LogP contribution is -2.53. The van der Waals surface area contributed by atoms with E-state index in [1.54, 1.807) is 0 Å². The fourth-order valence-corrected chi connectivity index (χ4v) is 2.81. The van der Waals surface area contributed by atoms with Crippen LogP contribution in [0.1, 0.15) is 18.5 Å². The van der Waals surface area contributed by atoms with E-state index in [-0.39, 0.29) is 0 Å². The van der Waals surface area contributed by atoms with Gasteiger partial charge in [0.15, 0.2) is 0 Å². The first-order chi connectivity index (χ1) is 9.97. The second kappa shape index (κ2) is 7.25. The van der Waals surface area contributed by atoms with Crippen molar-refractivity contribution < 1.29 is 0 Å². The zero-order chi connectivity index (χ0) is 15.4. The van der Waals surface area contributed by atoms with E-state index in [0.717, 1.165) is 19.6 Å². The van der Waals surface area contributed by atoms with Gasteiger partial charge >= 0.3 is 0 Å². The molecule has 1 heterocycles. The van der Waals surface area contributed by atoms with Crippen molar-refractivity contribution in [1.82, 2.24) is 15.1 Å². The summed E-state index contributed by atoms with van der Waals surface area (Å²) in [7, 11) is 8.59. The zero-order valence-corrected chi connectivity index (χ0v) is 14.1. The van der Waals surface area contributed by atoms with E-state index in [9.17, 15) is 0 Å². The molecule has 4 heteroatoms. The molecule has 1 aromatic rings. The predicted octanol–water partition coefficient (Wildman–Crippen LogP) is 1.65. The Kier molecular flexibility index (Phi) is 5.62. The summed E-state index contributed by atoms with van der Waals surface area (Å²) >= 11 is 0. The van der Waals surface area contributed by atoms with Crippen molar-refractivity contribution in [3.05, 3.63) is 29.8 Å². The first-order valence-corrected chi connectivity index (χ1v) is 7.87. The number of piperazine rings is 1. The maximum absolute atomic E-state index is 3.69. The standard InChI is InChI=1S/C17H30N4/c1-14(15-6-8-16(9-7-15)19(2)3)18-12-17-13-20(4)10-11-21(17)5/h6-9,14,17-18H,10-13H2,1-5H3. The Hall–Kier alpha value is -1.10. The summed E-state index contributed by atoms with van der Waals surface area (Å²) in [5, 5.41) is 3.69. The van der Waals surface area contributed by atoms with Gasteiger partial charge in [-0.15, -0.1) is 0 Å². The van der Waals surface area contributed by atoms with Crippen molar-refractivity contribution in [2.45, 2.75) is 19.0 Å². The van der Waals surface area contributed by atoms with Crippen molar-refractivity contribution >= 4 is 5.69 Å². The molecule has 1 fully saturated rings. The van der Waals surface area contributed by atoms with E-state index in [2.05, 4.69) is 79.4 Å². The average molecular weight is 290 g/mol. The van der Waals surface area contributed by atoms with Gasteiger partial charge in [-0.3, -0.25) is 4.90 Å². The molecule has 2 atom stereocenters. The summed E-state index contributed by atoms with van der Waals surface area (Å²) in [5.41, 5.74) is 2.60. The number of rotatable bonds is 5. The van der Waals surface area contributed by atoms with Gasteiger partial charge in [0.05, 0.1) is 0 Å². The van der Waals surface area contributed by atoms with Crippen LogP contribution >= 0.6 is 0 Å². The third-order valence-electron chi connectivity index (χ3n) is 4.55. The maximum Gasteiger partial charge on any atom is 0.0361 e. The van der Waals surface area contributed by atoms with E-state index in [1.165, 1.54) is 17.8 Å². The van der Waals surface area contributed by atoms with Crippen LogP contribution in [-0.4, -0.2) is 70.2 Å². The third-order valence-corrected chi connectivity index (χ3v) is 4.55. The second-order valence-electron chi connectivity index (χ2n) is 6.51. The Bertz CT molecular complexity index is 429. The van der Waals surface area contributed by atoms with E-state index >= 15 is 0 Å². The molecule has 2 rings (SSSR count). The van der Waals surface area contributed by atoms with E-state index in [4.69, 9.17) is 0 Å². The number of nitrogens with one attached hydrogen (secondary N) is 1. The van der Waals surface area contributed by atoms with Crippen molar-refractivity contribution in [3.8, 4) is 0 Å². The monoisotopic (exact) mass is 290 g/mol. The highest BCUT2D eigenvalue weighted by Gasteiger charge is 2.22. The molecule has 0 amide bonds. The van der Waals surface area contributed by atoms with Gasteiger partial charge in [0.2, 0.25) is 0 Å². The number of nitrogens with zero attached hydrogens (tertiary/aromatic N) is 3. The molecule has 1 saturated heterocycles. The Morgan fingerprint density at radius 1 is 1.19 bits per heavy atom. The summed E-state index contributed by atoms with van der Waals surface area (Å²) in [4.78, 5) is 7.02. The molecule has 4 nitrogen and oxygen atoms in total. The Morgan fingerprint density at radius 2 is 1.86 bits per heavy atom. The molecule has 1 aliphatic heterocycles. The molecule has 0 aromatic heterocycles. The van der Waals surface area contributed by atoms with Crippen LogP contribution in [0.5, 0.6) is 0 Å². The van der Waals surface area contributed by atoms with Crippen molar-refractivity contribution in [3.63, 3.8) is 0 Å². The van der Waals surface area contributed by atoms with Gasteiger partial charge in [-0.05, 0) is 38.7 Å². The fourth-order valence-electron chi connectivity index (χ4n) is 2.81. The smallest absolute Gasteiger partial charge is 0.0361 e. The molecule has 118 valence electrons. The van der Waals surface area contributed by atoms with Crippen LogP contribution in [0.25, 0.3) is 0 Å². The Balaban J connectivity index is 1.87. The van der Waals surface area contributed by atoms with Crippen LogP contribution in [0.4, 0.5) is 5.69 Å². The van der Waals surface area contributed by atoms with Crippen LogP contribution in [0.2, 0.25) is 0 Å². The molecular weight excluding hydrogens is 260 g/mol. The van der Waals surface area contributed by atoms with Gasteiger partial charge in [-0.2, -0.15) is 0 Å². The fraction of sp³-hybridized carbons (Fsp3) is 0.647. The van der Waals surface area contributed by atoms with E-state index in [0.29, 0.717) is 12.1 Å². The Labute approximate surface area is 129 Å². The van der Waals surface area contributed by atoms with Gasteiger partial charge in [0.1, 0.15) is 0 Å². The van der Waals surface area contributed by atoms with Crippen molar-refractivity contribution in [1.29, 1.82) is 0 Å². The minimum Gasteiger partial charge on any atom is -0.378 e. The highest BCUT2D eigenvalue weighted by molar-refractivity contribution is 5.46. The molecule has 1 aliphatic rings. The number of hydrogen-bond acceptors (Lipinski definition) is 4.